The SMILES string of the molecule is C=C(C#N)C(=C)C(=O)OC1=C(C)C(=O)OC1=O. The summed E-state index contributed by atoms with van der Waals surface area (Å²) >= 11 is 0. The summed E-state index contributed by atoms with van der Waals surface area (Å²) in [7, 11) is 0. The molecule has 1 rings (SSSR count). The number of carbonyl (C=O) groups is 3. The molecule has 1 heterocycles. The van der Waals surface area contributed by atoms with Crippen LogP contribution in [0.4, 0.5) is 0 Å². The maximum absolute atomic E-state index is 11.4. The van der Waals surface area contributed by atoms with Crippen molar-refractivity contribution in [2.45, 2.75) is 6.92 Å². The predicted molar refractivity (Wildman–Crippen MR) is 53.8 cm³/mol. The average Bonchev–Trinajstić information content (AvgIpc) is 2.53. The maximum Gasteiger partial charge on any atom is 0.382 e. The van der Waals surface area contributed by atoms with Gasteiger partial charge in [-0.25, -0.2) is 14.4 Å². The first-order valence-corrected chi connectivity index (χ1v) is 4.36. The summed E-state index contributed by atoms with van der Waals surface area (Å²) in [5, 5.41) is 8.49. The van der Waals surface area contributed by atoms with Gasteiger partial charge in [0.15, 0.2) is 0 Å². The molecular weight excluding hydrogens is 226 g/mol. The van der Waals surface area contributed by atoms with Gasteiger partial charge in [-0.2, -0.15) is 5.26 Å². The highest BCUT2D eigenvalue weighted by molar-refractivity contribution is 6.12. The van der Waals surface area contributed by atoms with Crippen LogP contribution in [-0.2, 0) is 23.9 Å². The zero-order chi connectivity index (χ0) is 13.2. The molecule has 0 aliphatic carbocycles. The standard InChI is InChI=1S/C11H7NO5/c1-5(4-12)6(2)9(13)16-8-7(3)10(14)17-11(8)15/h1-2H2,3H3. The summed E-state index contributed by atoms with van der Waals surface area (Å²) < 4.78 is 8.83. The maximum atomic E-state index is 11.4. The third-order valence-electron chi connectivity index (χ3n) is 1.96. The molecule has 0 bridgehead atoms. The van der Waals surface area contributed by atoms with Gasteiger partial charge in [0, 0.05) is 0 Å². The Morgan fingerprint density at radius 3 is 2.35 bits per heavy atom. The largest absolute Gasteiger partial charge is 0.415 e. The molecule has 6 heteroatoms. The number of hydrogen-bond acceptors (Lipinski definition) is 6. The molecule has 0 unspecified atom stereocenters. The van der Waals surface area contributed by atoms with Crippen LogP contribution in [0.5, 0.6) is 0 Å². The van der Waals surface area contributed by atoms with Gasteiger partial charge in [0.1, 0.15) is 0 Å². The summed E-state index contributed by atoms with van der Waals surface area (Å²) in [6, 6.07) is 1.61. The van der Waals surface area contributed by atoms with Gasteiger partial charge in [-0.05, 0) is 6.92 Å². The molecule has 0 amide bonds. The number of nitriles is 1. The van der Waals surface area contributed by atoms with Gasteiger partial charge >= 0.3 is 17.9 Å². The lowest BCUT2D eigenvalue weighted by Crippen LogP contribution is -2.12. The van der Waals surface area contributed by atoms with E-state index in [1.54, 1.807) is 6.07 Å². The first-order valence-electron chi connectivity index (χ1n) is 4.36. The van der Waals surface area contributed by atoms with Crippen LogP contribution >= 0.6 is 0 Å². The first kappa shape index (κ1) is 12.4. The Hall–Kier alpha value is -2.68. The van der Waals surface area contributed by atoms with Crippen LogP contribution < -0.4 is 0 Å². The van der Waals surface area contributed by atoms with Crippen molar-refractivity contribution < 1.29 is 23.9 Å². The fraction of sp³-hybridized carbons (Fsp3) is 0.0909. The number of nitrogens with zero attached hydrogens (tertiary/aromatic N) is 1. The minimum atomic E-state index is -1.05. The number of ether oxygens (including phenoxy) is 2. The van der Waals surface area contributed by atoms with E-state index in [1.165, 1.54) is 6.92 Å². The van der Waals surface area contributed by atoms with Crippen LogP contribution in [0.3, 0.4) is 0 Å². The molecule has 86 valence electrons. The van der Waals surface area contributed by atoms with Gasteiger partial charge in [-0.3, -0.25) is 0 Å². The Kier molecular flexibility index (Phi) is 3.24. The highest BCUT2D eigenvalue weighted by Gasteiger charge is 2.34. The minimum absolute atomic E-state index is 0.112. The molecule has 0 N–H and O–H groups in total. The van der Waals surface area contributed by atoms with Crippen molar-refractivity contribution in [1.29, 1.82) is 5.26 Å². The first-order chi connectivity index (χ1) is 7.88. The molecule has 0 aromatic heterocycles. The molecule has 6 nitrogen and oxygen atoms in total. The molecular formula is C11H7NO5. The number of hydrogen-bond donors (Lipinski definition) is 0. The minimum Gasteiger partial charge on any atom is -0.415 e. The summed E-state index contributed by atoms with van der Waals surface area (Å²) in [4.78, 5) is 33.5. The number of carbonyl (C=O) groups excluding carboxylic acids is 3. The van der Waals surface area contributed by atoms with Gasteiger partial charge in [0.2, 0.25) is 5.76 Å². The van der Waals surface area contributed by atoms with Crippen LogP contribution in [0, 0.1) is 11.3 Å². The van der Waals surface area contributed by atoms with Crippen LogP contribution in [0.1, 0.15) is 6.92 Å². The second-order valence-corrected chi connectivity index (χ2v) is 3.09. The zero-order valence-electron chi connectivity index (χ0n) is 8.90. The highest BCUT2D eigenvalue weighted by Crippen LogP contribution is 2.20. The van der Waals surface area contributed by atoms with Crippen molar-refractivity contribution in [3.8, 4) is 6.07 Å². The van der Waals surface area contributed by atoms with Gasteiger partial charge in [0.05, 0.1) is 22.8 Å². The molecule has 0 saturated carbocycles. The van der Waals surface area contributed by atoms with E-state index in [1.807, 2.05) is 0 Å². The predicted octanol–water partition coefficient (Wildman–Crippen LogP) is 0.523. The fourth-order valence-electron chi connectivity index (χ4n) is 0.916. The van der Waals surface area contributed by atoms with Gasteiger partial charge in [-0.1, -0.05) is 13.2 Å². The molecule has 17 heavy (non-hydrogen) atoms. The molecule has 0 atom stereocenters. The van der Waals surface area contributed by atoms with E-state index < -0.39 is 23.7 Å². The van der Waals surface area contributed by atoms with Crippen molar-refractivity contribution in [3.05, 3.63) is 35.6 Å². The fourth-order valence-corrected chi connectivity index (χ4v) is 0.916. The van der Waals surface area contributed by atoms with E-state index in [0.29, 0.717) is 0 Å². The third kappa shape index (κ3) is 2.29. The molecule has 0 spiro atoms. The van der Waals surface area contributed by atoms with Crippen LogP contribution in [-0.4, -0.2) is 17.9 Å². The summed E-state index contributed by atoms with van der Waals surface area (Å²) in [5.41, 5.74) is -0.593. The van der Waals surface area contributed by atoms with Crippen molar-refractivity contribution in [1.82, 2.24) is 0 Å². The molecule has 0 aromatic rings. The Morgan fingerprint density at radius 2 is 1.94 bits per heavy atom. The van der Waals surface area contributed by atoms with Crippen molar-refractivity contribution in [3.63, 3.8) is 0 Å². The van der Waals surface area contributed by atoms with Crippen molar-refractivity contribution in [2.24, 2.45) is 0 Å². The van der Waals surface area contributed by atoms with E-state index in [-0.39, 0.29) is 16.7 Å². The lowest BCUT2D eigenvalue weighted by Gasteiger charge is -2.03. The molecule has 0 aromatic carbocycles. The Bertz CT molecular complexity index is 533. The number of esters is 3. The van der Waals surface area contributed by atoms with Gasteiger partial charge in [-0.15, -0.1) is 0 Å². The Labute approximate surface area is 96.4 Å². The normalized spacial score (nSPS) is 14.1. The summed E-state index contributed by atoms with van der Waals surface area (Å²) in [6.07, 6.45) is 0. The molecule has 0 radical (unpaired) electrons. The van der Waals surface area contributed by atoms with E-state index in [9.17, 15) is 14.4 Å². The Balaban J connectivity index is 2.88. The molecule has 1 aliphatic heterocycles. The smallest absolute Gasteiger partial charge is 0.382 e. The van der Waals surface area contributed by atoms with E-state index in [0.717, 1.165) is 0 Å². The van der Waals surface area contributed by atoms with Crippen molar-refractivity contribution >= 4 is 17.9 Å². The van der Waals surface area contributed by atoms with Crippen LogP contribution in [0.2, 0.25) is 0 Å². The zero-order valence-corrected chi connectivity index (χ0v) is 8.90. The average molecular weight is 233 g/mol. The monoisotopic (exact) mass is 233 g/mol. The van der Waals surface area contributed by atoms with E-state index in [2.05, 4.69) is 22.6 Å². The second kappa shape index (κ2) is 4.45. The van der Waals surface area contributed by atoms with Gasteiger partial charge < -0.3 is 9.47 Å². The summed E-state index contributed by atoms with van der Waals surface area (Å²) in [6.45, 7) is 7.82. The quantitative estimate of drug-likeness (QED) is 0.232. The topological polar surface area (TPSA) is 93.5 Å². The second-order valence-electron chi connectivity index (χ2n) is 3.09. The number of rotatable bonds is 3. The van der Waals surface area contributed by atoms with Crippen LogP contribution in [0.15, 0.2) is 35.6 Å². The van der Waals surface area contributed by atoms with Crippen molar-refractivity contribution in [2.75, 3.05) is 0 Å². The highest BCUT2D eigenvalue weighted by atomic mass is 16.6. The Morgan fingerprint density at radius 1 is 1.35 bits per heavy atom. The van der Waals surface area contributed by atoms with E-state index in [4.69, 9.17) is 5.26 Å². The lowest BCUT2D eigenvalue weighted by molar-refractivity contribution is -0.154. The molecule has 1 aliphatic rings. The third-order valence-corrected chi connectivity index (χ3v) is 1.96. The molecule has 0 saturated heterocycles. The molecule has 0 fully saturated rings. The lowest BCUT2D eigenvalue weighted by atomic mass is 10.1. The number of cyclic esters (lactones) is 2. The van der Waals surface area contributed by atoms with Gasteiger partial charge in [0.25, 0.3) is 0 Å². The van der Waals surface area contributed by atoms with E-state index >= 15 is 0 Å². The van der Waals surface area contributed by atoms with Crippen LogP contribution in [0.25, 0.3) is 0 Å². The summed E-state index contributed by atoms with van der Waals surface area (Å²) in [5.74, 6) is -3.44.